The van der Waals surface area contributed by atoms with Gasteiger partial charge in [-0.1, -0.05) is 23.7 Å². The number of rotatable bonds is 11. The molecule has 236 valence electrons. The zero-order valence-electron chi connectivity index (χ0n) is 24.2. The highest BCUT2D eigenvalue weighted by molar-refractivity contribution is 7.89. The molecule has 2 aromatic rings. The fourth-order valence-corrected chi connectivity index (χ4v) is 7.05. The van der Waals surface area contributed by atoms with E-state index in [1.165, 1.54) is 17.0 Å². The molecule has 0 aromatic heterocycles. The van der Waals surface area contributed by atoms with Crippen LogP contribution in [-0.4, -0.2) is 128 Å². The minimum Gasteiger partial charge on any atom is -0.483 e. The number of benzene rings is 2. The Balaban J connectivity index is 0.00000162. The molecule has 2 aliphatic heterocycles. The fourth-order valence-electron chi connectivity index (χ4n) is 5.25. The lowest BCUT2D eigenvalue weighted by atomic mass is 10.1. The molecule has 3 amide bonds. The van der Waals surface area contributed by atoms with Crippen molar-refractivity contribution in [2.24, 2.45) is 5.73 Å². The van der Waals surface area contributed by atoms with Crippen LogP contribution in [0.3, 0.4) is 0 Å². The number of halogens is 1. The second-order valence-electron chi connectivity index (χ2n) is 10.2. The number of nitrogens with zero attached hydrogens (tertiary/aromatic N) is 4. The molecular formula is C28H38ClN5O8S. The number of nitrogens with two attached hydrogens (primary N) is 1. The van der Waals surface area contributed by atoms with Gasteiger partial charge in [-0.15, -0.1) is 0 Å². The van der Waals surface area contributed by atoms with E-state index in [-0.39, 0.29) is 30.2 Å². The zero-order valence-corrected chi connectivity index (χ0v) is 25.8. The molecule has 0 spiro atoms. The normalized spacial score (nSPS) is 18.3. The van der Waals surface area contributed by atoms with Crippen molar-refractivity contribution in [2.45, 2.75) is 37.2 Å². The van der Waals surface area contributed by atoms with Crippen LogP contribution in [0, 0.1) is 0 Å². The maximum Gasteiger partial charge on any atom is 0.290 e. The largest absolute Gasteiger partial charge is 0.483 e. The average molecular weight is 640 g/mol. The minimum absolute atomic E-state index is 0.0702. The predicted octanol–water partition coefficient (Wildman–Crippen LogP) is 0.840. The van der Waals surface area contributed by atoms with Gasteiger partial charge >= 0.3 is 0 Å². The zero-order chi connectivity index (χ0) is 31.7. The molecule has 2 heterocycles. The molecule has 0 radical (unpaired) electrons. The number of carbonyl (C=O) groups excluding carboxylic acids is 3. The van der Waals surface area contributed by atoms with E-state index in [9.17, 15) is 22.8 Å². The van der Waals surface area contributed by atoms with Crippen molar-refractivity contribution >= 4 is 56.6 Å². The summed E-state index contributed by atoms with van der Waals surface area (Å²) in [5.41, 5.74) is 5.43. The molecule has 0 unspecified atom stereocenters. The lowest BCUT2D eigenvalue weighted by Gasteiger charge is -2.33. The molecule has 0 bridgehead atoms. The Morgan fingerprint density at radius 3 is 2.42 bits per heavy atom. The Hall–Kier alpha value is -3.30. The monoisotopic (exact) mass is 639 g/mol. The predicted molar refractivity (Wildman–Crippen MR) is 160 cm³/mol. The molecular weight excluding hydrogens is 602 g/mol. The number of sulfonamides is 1. The van der Waals surface area contributed by atoms with Gasteiger partial charge in [0.25, 0.3) is 6.47 Å². The van der Waals surface area contributed by atoms with Crippen LogP contribution in [0.2, 0.25) is 5.02 Å². The summed E-state index contributed by atoms with van der Waals surface area (Å²) in [4.78, 5) is 52.5. The summed E-state index contributed by atoms with van der Waals surface area (Å²) in [6.07, 6.45) is 0.131. The number of carboxylic acid groups (broad SMARTS) is 1. The quantitative estimate of drug-likeness (QED) is 0.338. The van der Waals surface area contributed by atoms with Gasteiger partial charge in [-0.2, -0.15) is 4.31 Å². The number of hydrogen-bond donors (Lipinski definition) is 2. The van der Waals surface area contributed by atoms with E-state index in [0.29, 0.717) is 43.3 Å². The third-order valence-electron chi connectivity index (χ3n) is 7.56. The van der Waals surface area contributed by atoms with Crippen molar-refractivity contribution in [3.8, 4) is 0 Å². The highest BCUT2D eigenvalue weighted by Gasteiger charge is 2.45. The van der Waals surface area contributed by atoms with Gasteiger partial charge in [0.15, 0.2) is 0 Å². The number of primary amides is 1. The van der Waals surface area contributed by atoms with E-state index >= 15 is 0 Å². The smallest absolute Gasteiger partial charge is 0.290 e. The Morgan fingerprint density at radius 1 is 1.16 bits per heavy atom. The molecule has 2 saturated heterocycles. The topological polar surface area (TPSA) is 171 Å². The van der Waals surface area contributed by atoms with Crippen molar-refractivity contribution in [1.29, 1.82) is 0 Å². The summed E-state index contributed by atoms with van der Waals surface area (Å²) in [5.74, 6) is -1.61. The average Bonchev–Trinajstić information content (AvgIpc) is 3.36. The van der Waals surface area contributed by atoms with Crippen molar-refractivity contribution in [2.75, 3.05) is 59.0 Å². The maximum atomic E-state index is 13.7. The van der Waals surface area contributed by atoms with E-state index in [4.69, 9.17) is 32.0 Å². The number of fused-ring (bicyclic) bond motifs is 1. The molecule has 2 aromatic carbocycles. The first-order valence-electron chi connectivity index (χ1n) is 13.9. The maximum absolute atomic E-state index is 13.7. The highest BCUT2D eigenvalue weighted by atomic mass is 35.5. The number of likely N-dealkylation sites (N-methyl/N-ethyl adjacent to an activating group) is 1. The summed E-state index contributed by atoms with van der Waals surface area (Å²) in [6.45, 7) is 7.46. The van der Waals surface area contributed by atoms with Crippen LogP contribution >= 0.6 is 11.6 Å². The minimum atomic E-state index is -4.28. The summed E-state index contributed by atoms with van der Waals surface area (Å²) in [7, 11) is -4.28. The van der Waals surface area contributed by atoms with E-state index in [0.717, 1.165) is 22.8 Å². The third kappa shape index (κ3) is 8.42. The van der Waals surface area contributed by atoms with Gasteiger partial charge in [-0.3, -0.25) is 24.1 Å². The highest BCUT2D eigenvalue weighted by Crippen LogP contribution is 2.29. The van der Waals surface area contributed by atoms with E-state index in [2.05, 4.69) is 4.90 Å². The Kier molecular flexibility index (Phi) is 12.3. The Morgan fingerprint density at radius 2 is 1.79 bits per heavy atom. The molecule has 0 aliphatic carbocycles. The molecule has 2 aliphatic rings. The standard InChI is InChI=1S/C27H36ClN5O6S.CH2O2/c1-3-31(11-10-30-12-14-39-15-13-30)26(35)19(2)32-9-8-24(27(32)36)33(18-25(29)34)40(37,38)23-7-5-20-16-22(28)6-4-21(20)17-23;2-1-3/h4-7,16-17,19,24H,3,8-15,18H2,1-2H3,(H2,29,34);1H,(H,2,3)/t19-,24-;/m0./s1. The van der Waals surface area contributed by atoms with Crippen LogP contribution in [0.4, 0.5) is 0 Å². The van der Waals surface area contributed by atoms with E-state index in [1.54, 1.807) is 36.1 Å². The summed E-state index contributed by atoms with van der Waals surface area (Å²) >= 11 is 6.05. The van der Waals surface area contributed by atoms with Crippen molar-refractivity contribution in [3.05, 3.63) is 41.4 Å². The molecule has 15 heteroatoms. The van der Waals surface area contributed by atoms with Gasteiger partial charge in [0.1, 0.15) is 12.1 Å². The summed E-state index contributed by atoms with van der Waals surface area (Å²) < 4.78 is 33.7. The van der Waals surface area contributed by atoms with Gasteiger partial charge in [0.2, 0.25) is 27.7 Å². The number of carbonyl (C=O) groups is 4. The molecule has 0 saturated carbocycles. The van der Waals surface area contributed by atoms with Crippen LogP contribution in [0.5, 0.6) is 0 Å². The van der Waals surface area contributed by atoms with Crippen molar-refractivity contribution < 1.29 is 37.4 Å². The van der Waals surface area contributed by atoms with Crippen LogP contribution in [0.25, 0.3) is 10.8 Å². The van der Waals surface area contributed by atoms with Crippen molar-refractivity contribution in [1.82, 2.24) is 19.0 Å². The van der Waals surface area contributed by atoms with Gasteiger partial charge in [0, 0.05) is 44.3 Å². The van der Waals surface area contributed by atoms with Gasteiger partial charge in [0.05, 0.1) is 24.7 Å². The van der Waals surface area contributed by atoms with Crippen LogP contribution in [0.15, 0.2) is 41.3 Å². The fraction of sp³-hybridized carbons (Fsp3) is 0.500. The third-order valence-corrected chi connectivity index (χ3v) is 9.65. The number of ether oxygens (including phenoxy) is 1. The van der Waals surface area contributed by atoms with E-state index < -0.39 is 40.5 Å². The summed E-state index contributed by atoms with van der Waals surface area (Å²) in [6, 6.07) is 7.64. The molecule has 2 atom stereocenters. The number of amides is 3. The van der Waals surface area contributed by atoms with Crippen LogP contribution in [-0.2, 0) is 33.9 Å². The molecule has 13 nitrogen and oxygen atoms in total. The SMILES string of the molecule is CCN(CCN1CCOCC1)C(=O)[C@H](C)N1CC[C@H](N(CC(N)=O)S(=O)(=O)c2ccc3cc(Cl)ccc3c2)C1=O.O=CO. The second kappa shape index (κ2) is 15.4. The lowest BCUT2D eigenvalue weighted by Crippen LogP contribution is -2.53. The van der Waals surface area contributed by atoms with Crippen LogP contribution in [0.1, 0.15) is 20.3 Å². The first-order valence-corrected chi connectivity index (χ1v) is 15.7. The van der Waals surface area contributed by atoms with Crippen molar-refractivity contribution in [3.63, 3.8) is 0 Å². The van der Waals surface area contributed by atoms with Gasteiger partial charge in [-0.05, 0) is 55.3 Å². The Bertz CT molecular complexity index is 1420. The second-order valence-corrected chi connectivity index (χ2v) is 12.5. The number of hydrogen-bond acceptors (Lipinski definition) is 8. The molecule has 3 N–H and O–H groups in total. The molecule has 4 rings (SSSR count). The number of likely N-dealkylation sites (tertiary alicyclic amines) is 1. The summed E-state index contributed by atoms with van der Waals surface area (Å²) in [5, 5.41) is 8.79. The Labute approximate surface area is 256 Å². The lowest BCUT2D eigenvalue weighted by molar-refractivity contribution is -0.144. The first-order chi connectivity index (χ1) is 20.4. The molecule has 43 heavy (non-hydrogen) atoms. The van der Waals surface area contributed by atoms with Gasteiger partial charge < -0.3 is 25.4 Å². The molecule has 2 fully saturated rings. The van der Waals surface area contributed by atoms with Gasteiger partial charge in [-0.25, -0.2) is 8.42 Å². The first kappa shape index (κ1) is 34.2. The van der Waals surface area contributed by atoms with Crippen LogP contribution < -0.4 is 5.73 Å². The number of morpholine rings is 1. The van der Waals surface area contributed by atoms with E-state index in [1.807, 2.05) is 6.92 Å².